The molecule has 0 aliphatic carbocycles. The molecule has 0 atom stereocenters. The van der Waals surface area contributed by atoms with Crippen molar-refractivity contribution in [1.82, 2.24) is 14.9 Å². The van der Waals surface area contributed by atoms with Crippen LogP contribution in [0.25, 0.3) is 0 Å². The number of hydrogen-bond donors (Lipinski definition) is 3. The Morgan fingerprint density at radius 2 is 2.18 bits per heavy atom. The normalized spacial score (nSPS) is 12.9. The topological polar surface area (TPSA) is 101 Å². The number of nitrogens with one attached hydrogen (secondary N) is 2. The van der Waals surface area contributed by atoms with E-state index >= 15 is 0 Å². The number of nitrogens with two attached hydrogens (primary N) is 1. The van der Waals surface area contributed by atoms with Crippen molar-refractivity contribution in [3.05, 3.63) is 6.20 Å². The number of aromatic amines is 1. The highest BCUT2D eigenvalue weighted by molar-refractivity contribution is 8.00. The maximum absolute atomic E-state index is 11.8. The third-order valence-corrected chi connectivity index (χ3v) is 3.81. The molecule has 0 aromatic carbocycles. The van der Waals surface area contributed by atoms with E-state index < -0.39 is 21.3 Å². The lowest BCUT2D eigenvalue weighted by atomic mass is 10.7. The summed E-state index contributed by atoms with van der Waals surface area (Å²) < 4.78 is 60.3. The lowest BCUT2D eigenvalue weighted by molar-refractivity contribution is -0.0327. The van der Waals surface area contributed by atoms with E-state index in [0.717, 1.165) is 6.20 Å². The molecule has 11 heteroatoms. The van der Waals surface area contributed by atoms with Gasteiger partial charge in [-0.1, -0.05) is 0 Å². The summed E-state index contributed by atoms with van der Waals surface area (Å²) in [5.74, 6) is -0.582. The van der Waals surface area contributed by atoms with Crippen LogP contribution >= 0.6 is 11.8 Å². The molecule has 0 amide bonds. The fraction of sp³-hybridized carbons (Fsp3) is 0.500. The van der Waals surface area contributed by atoms with Gasteiger partial charge in [-0.05, 0) is 11.8 Å². The van der Waals surface area contributed by atoms with Gasteiger partial charge in [0.15, 0.2) is 0 Å². The molecule has 6 nitrogen and oxygen atoms in total. The number of aromatic nitrogens is 2. The number of halogens is 3. The molecule has 0 saturated carbocycles. The number of nitrogens with zero attached hydrogens (tertiary/aromatic N) is 1. The molecule has 0 aliphatic rings. The highest BCUT2D eigenvalue weighted by Gasteiger charge is 2.28. The summed E-state index contributed by atoms with van der Waals surface area (Å²) in [4.78, 5) is -0.283. The monoisotopic (exact) mass is 290 g/mol. The Balaban J connectivity index is 2.50. The summed E-state index contributed by atoms with van der Waals surface area (Å²) in [7, 11) is -3.91. The van der Waals surface area contributed by atoms with Gasteiger partial charge in [0.1, 0.15) is 10.7 Å². The Kier molecular flexibility index (Phi) is 4.27. The number of rotatable bonds is 5. The van der Waals surface area contributed by atoms with Gasteiger partial charge >= 0.3 is 5.51 Å². The smallest absolute Gasteiger partial charge is 0.383 e. The molecule has 0 spiro atoms. The SMILES string of the molecule is Nc1[nH]ncc1S(=O)(=O)NCCSC(F)(F)F. The summed E-state index contributed by atoms with van der Waals surface area (Å²) in [5.41, 5.74) is 0.903. The molecule has 0 radical (unpaired) electrons. The number of alkyl halides is 3. The van der Waals surface area contributed by atoms with Crippen molar-refractivity contribution < 1.29 is 21.6 Å². The minimum atomic E-state index is -4.37. The minimum absolute atomic E-state index is 0.166. The van der Waals surface area contributed by atoms with Gasteiger partial charge in [-0.3, -0.25) is 5.10 Å². The highest BCUT2D eigenvalue weighted by atomic mass is 32.2. The number of thioether (sulfide) groups is 1. The number of H-pyrrole nitrogens is 1. The molecular weight excluding hydrogens is 281 g/mol. The zero-order valence-electron chi connectivity index (χ0n) is 8.28. The molecule has 0 fully saturated rings. The van der Waals surface area contributed by atoms with Crippen molar-refractivity contribution in [1.29, 1.82) is 0 Å². The first-order valence-corrected chi connectivity index (χ1v) is 6.68. The van der Waals surface area contributed by atoms with Crippen LogP contribution in [0.2, 0.25) is 0 Å². The van der Waals surface area contributed by atoms with Gasteiger partial charge < -0.3 is 5.73 Å². The van der Waals surface area contributed by atoms with Crippen molar-refractivity contribution >= 4 is 27.6 Å². The van der Waals surface area contributed by atoms with Gasteiger partial charge in [-0.25, -0.2) is 13.1 Å². The number of nitrogen functional groups attached to an aromatic ring is 1. The van der Waals surface area contributed by atoms with Crippen molar-refractivity contribution in [2.24, 2.45) is 0 Å². The molecule has 1 rings (SSSR count). The zero-order chi connectivity index (χ0) is 13.1. The predicted octanol–water partition coefficient (Wildman–Crippen LogP) is 0.523. The third kappa shape index (κ3) is 4.44. The van der Waals surface area contributed by atoms with Crippen LogP contribution < -0.4 is 10.5 Å². The predicted molar refractivity (Wildman–Crippen MR) is 56.7 cm³/mol. The molecule has 0 saturated heterocycles. The second-order valence-corrected chi connectivity index (χ2v) is 5.74. The summed E-state index contributed by atoms with van der Waals surface area (Å²) in [6, 6.07) is 0. The maximum atomic E-state index is 11.8. The molecule has 0 aliphatic heterocycles. The molecule has 1 heterocycles. The zero-order valence-corrected chi connectivity index (χ0v) is 9.92. The minimum Gasteiger partial charge on any atom is -0.383 e. The Morgan fingerprint density at radius 3 is 2.65 bits per heavy atom. The van der Waals surface area contributed by atoms with Crippen LogP contribution in [0.4, 0.5) is 19.0 Å². The van der Waals surface area contributed by atoms with Crippen molar-refractivity contribution in [3.63, 3.8) is 0 Å². The fourth-order valence-electron chi connectivity index (χ4n) is 0.920. The van der Waals surface area contributed by atoms with E-state index in [0.29, 0.717) is 0 Å². The lowest BCUT2D eigenvalue weighted by Gasteiger charge is -2.07. The summed E-state index contributed by atoms with van der Waals surface area (Å²) >= 11 is -0.306. The van der Waals surface area contributed by atoms with Crippen molar-refractivity contribution in [3.8, 4) is 0 Å². The molecule has 1 aromatic rings. The van der Waals surface area contributed by atoms with Crippen LogP contribution in [0.5, 0.6) is 0 Å². The molecule has 98 valence electrons. The maximum Gasteiger partial charge on any atom is 0.441 e. The first-order valence-electron chi connectivity index (χ1n) is 4.21. The number of hydrogen-bond acceptors (Lipinski definition) is 5. The lowest BCUT2D eigenvalue weighted by Crippen LogP contribution is -2.27. The highest BCUT2D eigenvalue weighted by Crippen LogP contribution is 2.29. The van der Waals surface area contributed by atoms with Crippen molar-refractivity contribution in [2.45, 2.75) is 10.4 Å². The number of anilines is 1. The van der Waals surface area contributed by atoms with E-state index in [1.54, 1.807) is 0 Å². The van der Waals surface area contributed by atoms with E-state index in [4.69, 9.17) is 5.73 Å². The van der Waals surface area contributed by atoms with Crippen LogP contribution in [0, 0.1) is 0 Å². The molecular formula is C6H9F3N4O2S2. The largest absolute Gasteiger partial charge is 0.441 e. The van der Waals surface area contributed by atoms with Gasteiger partial charge in [0, 0.05) is 12.3 Å². The van der Waals surface area contributed by atoms with Crippen LogP contribution in [-0.2, 0) is 10.0 Å². The Labute approximate surface area is 99.2 Å². The van der Waals surface area contributed by atoms with Gasteiger partial charge in [0.25, 0.3) is 0 Å². The van der Waals surface area contributed by atoms with E-state index in [9.17, 15) is 21.6 Å². The Morgan fingerprint density at radius 1 is 1.53 bits per heavy atom. The van der Waals surface area contributed by atoms with Crippen LogP contribution in [-0.4, -0.2) is 36.4 Å². The van der Waals surface area contributed by atoms with E-state index in [-0.39, 0.29) is 29.0 Å². The molecule has 0 unspecified atom stereocenters. The van der Waals surface area contributed by atoms with Crippen molar-refractivity contribution in [2.75, 3.05) is 18.0 Å². The second kappa shape index (κ2) is 5.14. The Hall–Kier alpha value is -0.940. The first-order chi connectivity index (χ1) is 7.72. The van der Waals surface area contributed by atoms with Crippen LogP contribution in [0.3, 0.4) is 0 Å². The van der Waals surface area contributed by atoms with Crippen LogP contribution in [0.15, 0.2) is 11.1 Å². The molecule has 17 heavy (non-hydrogen) atoms. The molecule has 1 aromatic heterocycles. The summed E-state index contributed by atoms with van der Waals surface area (Å²) in [6.07, 6.45) is 0.981. The van der Waals surface area contributed by atoms with E-state index in [1.165, 1.54) is 0 Å². The van der Waals surface area contributed by atoms with Gasteiger partial charge in [-0.15, -0.1) is 0 Å². The molecule has 0 bridgehead atoms. The standard InChI is InChI=1S/C6H9F3N4O2S2/c7-6(8,9)16-2-1-12-17(14,15)4-3-11-13-5(4)10/h3,12H,1-2H2,(H3,10,11,13). The van der Waals surface area contributed by atoms with Gasteiger partial charge in [0.05, 0.1) is 6.20 Å². The quantitative estimate of drug-likeness (QED) is 0.686. The van der Waals surface area contributed by atoms with Gasteiger partial charge in [0.2, 0.25) is 10.0 Å². The summed E-state index contributed by atoms with van der Waals surface area (Å²) in [6.45, 7) is -0.350. The first kappa shape index (κ1) is 14.1. The summed E-state index contributed by atoms with van der Waals surface area (Å²) in [5, 5.41) is 5.61. The second-order valence-electron chi connectivity index (χ2n) is 2.84. The van der Waals surface area contributed by atoms with Gasteiger partial charge in [-0.2, -0.15) is 18.3 Å². The Bertz CT molecular complexity index is 470. The van der Waals surface area contributed by atoms with Crippen LogP contribution in [0.1, 0.15) is 0 Å². The molecule has 4 N–H and O–H groups in total. The van der Waals surface area contributed by atoms with E-state index in [1.807, 2.05) is 4.72 Å². The average molecular weight is 290 g/mol. The fourth-order valence-corrected chi connectivity index (χ4v) is 2.54. The third-order valence-electron chi connectivity index (χ3n) is 1.58. The van der Waals surface area contributed by atoms with E-state index in [2.05, 4.69) is 10.2 Å². The average Bonchev–Trinajstić information content (AvgIpc) is 2.58. The number of sulfonamides is 1.